The number of aliphatic imine (C=N–C) groups is 1. The molecule has 0 amide bonds. The van der Waals surface area contributed by atoms with Crippen molar-refractivity contribution >= 4 is 23.2 Å². The first-order chi connectivity index (χ1) is 7.94. The number of nitrogens with two attached hydrogens (primary N) is 1. The van der Waals surface area contributed by atoms with Crippen LogP contribution in [0.3, 0.4) is 0 Å². The van der Waals surface area contributed by atoms with E-state index in [1.807, 2.05) is 13.8 Å². The molecule has 0 radical (unpaired) electrons. The van der Waals surface area contributed by atoms with Crippen LogP contribution in [0.4, 0.5) is 17.5 Å². The van der Waals surface area contributed by atoms with Crippen molar-refractivity contribution in [2.45, 2.75) is 19.4 Å². The number of H-pyrrole nitrogens is 1. The molecule has 0 fully saturated rings. The average molecular weight is 237 g/mol. The van der Waals surface area contributed by atoms with E-state index in [9.17, 15) is 4.79 Å². The van der Waals surface area contributed by atoms with E-state index in [1.165, 1.54) is 0 Å². The molecule has 1 aromatic rings. The minimum absolute atomic E-state index is 0.0717. The van der Waals surface area contributed by atoms with Gasteiger partial charge in [0.1, 0.15) is 0 Å². The summed E-state index contributed by atoms with van der Waals surface area (Å²) in [7, 11) is 1.58. The normalized spacial score (nSPS) is 17.0. The lowest BCUT2D eigenvalue weighted by Gasteiger charge is -2.32. The molecular formula is C10H15N5O2. The summed E-state index contributed by atoms with van der Waals surface area (Å²) in [4.78, 5) is 22.4. The number of methoxy groups -OCH3 is 1. The van der Waals surface area contributed by atoms with Crippen LogP contribution in [0.2, 0.25) is 0 Å². The Morgan fingerprint density at radius 1 is 1.47 bits per heavy atom. The number of nitrogen functional groups attached to an aromatic ring is 1. The summed E-state index contributed by atoms with van der Waals surface area (Å²) < 4.78 is 5.07. The zero-order valence-corrected chi connectivity index (χ0v) is 10.00. The molecule has 0 saturated heterocycles. The van der Waals surface area contributed by atoms with Crippen LogP contribution in [0.1, 0.15) is 13.8 Å². The molecule has 1 aromatic heterocycles. The predicted molar refractivity (Wildman–Crippen MR) is 65.9 cm³/mol. The van der Waals surface area contributed by atoms with Crippen molar-refractivity contribution in [2.75, 3.05) is 24.8 Å². The zero-order valence-electron chi connectivity index (χ0n) is 10.00. The SMILES string of the molecule is COCC1=Nc2c(nc(N)[nH]c2=O)NC1(C)C. The lowest BCUT2D eigenvalue weighted by molar-refractivity contribution is 0.241. The molecule has 0 bridgehead atoms. The summed E-state index contributed by atoms with van der Waals surface area (Å²) in [5.74, 6) is 0.471. The van der Waals surface area contributed by atoms with Crippen molar-refractivity contribution in [1.82, 2.24) is 9.97 Å². The molecule has 7 nitrogen and oxygen atoms in total. The number of rotatable bonds is 2. The standard InChI is InChI=1S/C10H15N5O2/c1-10(2)5(4-17-3)12-6-7(15-10)13-9(11)14-8(6)16/h4H2,1-3H3,(H4,11,13,14,15,16). The highest BCUT2D eigenvalue weighted by Gasteiger charge is 2.31. The van der Waals surface area contributed by atoms with Gasteiger partial charge >= 0.3 is 0 Å². The lowest BCUT2D eigenvalue weighted by atomic mass is 9.97. The van der Waals surface area contributed by atoms with Gasteiger partial charge < -0.3 is 15.8 Å². The fraction of sp³-hybridized carbons (Fsp3) is 0.500. The first-order valence-corrected chi connectivity index (χ1v) is 5.19. The molecule has 4 N–H and O–H groups in total. The van der Waals surface area contributed by atoms with Crippen molar-refractivity contribution in [3.8, 4) is 0 Å². The highest BCUT2D eigenvalue weighted by molar-refractivity contribution is 6.01. The van der Waals surface area contributed by atoms with Crippen LogP contribution in [-0.4, -0.2) is 34.9 Å². The largest absolute Gasteiger partial charge is 0.379 e. The molecule has 0 spiro atoms. The van der Waals surface area contributed by atoms with Gasteiger partial charge in [-0.3, -0.25) is 9.78 Å². The molecule has 0 aromatic carbocycles. The van der Waals surface area contributed by atoms with Gasteiger partial charge in [-0.15, -0.1) is 0 Å². The fourth-order valence-electron chi connectivity index (χ4n) is 1.67. The molecule has 7 heteroatoms. The number of aromatic amines is 1. The van der Waals surface area contributed by atoms with E-state index in [1.54, 1.807) is 7.11 Å². The summed E-state index contributed by atoms with van der Waals surface area (Å²) in [5.41, 5.74) is 5.69. The maximum Gasteiger partial charge on any atom is 0.280 e. The first-order valence-electron chi connectivity index (χ1n) is 5.19. The van der Waals surface area contributed by atoms with Crippen molar-refractivity contribution in [3.05, 3.63) is 10.4 Å². The van der Waals surface area contributed by atoms with Gasteiger partial charge in [-0.25, -0.2) is 4.99 Å². The van der Waals surface area contributed by atoms with Gasteiger partial charge in [0.05, 0.1) is 17.9 Å². The first kappa shape index (κ1) is 11.6. The fourth-order valence-corrected chi connectivity index (χ4v) is 1.67. The molecule has 0 atom stereocenters. The van der Waals surface area contributed by atoms with Crippen molar-refractivity contribution in [3.63, 3.8) is 0 Å². The third-order valence-electron chi connectivity index (χ3n) is 2.59. The Bertz CT molecular complexity index is 532. The number of nitrogens with zero attached hydrogens (tertiary/aromatic N) is 2. The number of anilines is 2. The Labute approximate surface area is 98.1 Å². The molecule has 2 rings (SSSR count). The quantitative estimate of drug-likeness (QED) is 0.685. The molecule has 1 aliphatic heterocycles. The van der Waals surface area contributed by atoms with Crippen LogP contribution in [0, 0.1) is 0 Å². The maximum absolute atomic E-state index is 11.7. The minimum Gasteiger partial charge on any atom is -0.379 e. The topological polar surface area (TPSA) is 105 Å². The van der Waals surface area contributed by atoms with E-state index < -0.39 is 5.54 Å². The lowest BCUT2D eigenvalue weighted by Crippen LogP contribution is -2.45. The maximum atomic E-state index is 11.7. The van der Waals surface area contributed by atoms with E-state index in [-0.39, 0.29) is 17.2 Å². The van der Waals surface area contributed by atoms with Gasteiger partial charge in [-0.05, 0) is 13.8 Å². The summed E-state index contributed by atoms with van der Waals surface area (Å²) >= 11 is 0. The van der Waals surface area contributed by atoms with Gasteiger partial charge in [-0.2, -0.15) is 4.98 Å². The Balaban J connectivity index is 2.58. The number of hydrogen-bond acceptors (Lipinski definition) is 6. The zero-order chi connectivity index (χ0) is 12.6. The summed E-state index contributed by atoms with van der Waals surface area (Å²) in [5, 5.41) is 3.13. The molecule has 0 saturated carbocycles. The van der Waals surface area contributed by atoms with E-state index >= 15 is 0 Å². The van der Waals surface area contributed by atoms with E-state index in [0.717, 1.165) is 5.71 Å². The third-order valence-corrected chi connectivity index (χ3v) is 2.59. The molecule has 92 valence electrons. The van der Waals surface area contributed by atoms with Gasteiger partial charge in [0.15, 0.2) is 11.5 Å². The van der Waals surface area contributed by atoms with Gasteiger partial charge in [0.25, 0.3) is 5.56 Å². The predicted octanol–water partition coefficient (Wildman–Crippen LogP) is 0.275. The molecule has 1 aliphatic rings. The monoisotopic (exact) mass is 237 g/mol. The number of aromatic nitrogens is 2. The van der Waals surface area contributed by atoms with E-state index in [4.69, 9.17) is 10.5 Å². The van der Waals surface area contributed by atoms with Crippen molar-refractivity contribution in [2.24, 2.45) is 4.99 Å². The summed E-state index contributed by atoms with van der Waals surface area (Å²) in [6, 6.07) is 0. The van der Waals surface area contributed by atoms with E-state index in [2.05, 4.69) is 20.3 Å². The second kappa shape index (κ2) is 3.85. The second-order valence-corrected chi connectivity index (χ2v) is 4.39. The van der Waals surface area contributed by atoms with Crippen LogP contribution in [-0.2, 0) is 4.74 Å². The van der Waals surface area contributed by atoms with E-state index in [0.29, 0.717) is 12.4 Å². The summed E-state index contributed by atoms with van der Waals surface area (Å²) in [6.07, 6.45) is 0. The molecule has 17 heavy (non-hydrogen) atoms. The number of fused-ring (bicyclic) bond motifs is 1. The average Bonchev–Trinajstić information content (AvgIpc) is 2.19. The van der Waals surface area contributed by atoms with Gasteiger partial charge in [0.2, 0.25) is 5.95 Å². The van der Waals surface area contributed by atoms with Crippen LogP contribution in [0.5, 0.6) is 0 Å². The van der Waals surface area contributed by atoms with Gasteiger partial charge in [-0.1, -0.05) is 0 Å². The number of nitrogens with one attached hydrogen (secondary N) is 2. The number of ether oxygens (including phenoxy) is 1. The Morgan fingerprint density at radius 2 is 2.18 bits per heavy atom. The Hall–Kier alpha value is -1.89. The van der Waals surface area contributed by atoms with Crippen LogP contribution in [0.15, 0.2) is 9.79 Å². The van der Waals surface area contributed by atoms with Crippen LogP contribution >= 0.6 is 0 Å². The minimum atomic E-state index is -0.420. The third kappa shape index (κ3) is 2.01. The van der Waals surface area contributed by atoms with Crippen LogP contribution in [0.25, 0.3) is 0 Å². The van der Waals surface area contributed by atoms with Crippen molar-refractivity contribution < 1.29 is 4.74 Å². The van der Waals surface area contributed by atoms with Gasteiger partial charge in [0, 0.05) is 7.11 Å². The van der Waals surface area contributed by atoms with Crippen LogP contribution < -0.4 is 16.6 Å². The Morgan fingerprint density at radius 3 is 2.82 bits per heavy atom. The summed E-state index contributed by atoms with van der Waals surface area (Å²) in [6.45, 7) is 4.23. The highest BCUT2D eigenvalue weighted by Crippen LogP contribution is 2.29. The molecular weight excluding hydrogens is 222 g/mol. The molecule has 0 unspecified atom stereocenters. The molecule has 0 aliphatic carbocycles. The Kier molecular flexibility index (Phi) is 2.62. The van der Waals surface area contributed by atoms with Crippen molar-refractivity contribution in [1.29, 1.82) is 0 Å². The highest BCUT2D eigenvalue weighted by atomic mass is 16.5. The second-order valence-electron chi connectivity index (χ2n) is 4.39. The smallest absolute Gasteiger partial charge is 0.280 e. The molecule has 2 heterocycles. The number of hydrogen-bond donors (Lipinski definition) is 3.